The minimum absolute atomic E-state index is 0.122. The molecule has 0 amide bonds. The van der Waals surface area contributed by atoms with Gasteiger partial charge in [0.25, 0.3) is 0 Å². The quantitative estimate of drug-likeness (QED) is 0.614. The molecule has 0 aliphatic carbocycles. The number of imidazole rings is 1. The third-order valence-corrected chi connectivity index (χ3v) is 4.72. The Morgan fingerprint density at radius 1 is 1.37 bits per heavy atom. The van der Waals surface area contributed by atoms with E-state index < -0.39 is 8.07 Å². The summed E-state index contributed by atoms with van der Waals surface area (Å²) < 4.78 is 8.71. The third kappa shape index (κ3) is 3.10. The van der Waals surface area contributed by atoms with E-state index in [4.69, 9.17) is 4.74 Å². The standard InChI is InChI=1S/C12H20N4O2Si/c1-15-11-10(7-13-8-14-11)16(12(15)17)9-18-5-6-19(2,3)4/h7-8H,5-6,9H2,1-4H3. The first-order valence-corrected chi connectivity index (χ1v) is 10.0. The van der Waals surface area contributed by atoms with Crippen molar-refractivity contribution in [2.24, 2.45) is 7.05 Å². The van der Waals surface area contributed by atoms with Crippen molar-refractivity contribution >= 4 is 19.2 Å². The van der Waals surface area contributed by atoms with E-state index in [1.165, 1.54) is 10.9 Å². The molecule has 7 heteroatoms. The van der Waals surface area contributed by atoms with Crippen molar-refractivity contribution in [1.82, 2.24) is 19.1 Å². The SMILES string of the molecule is Cn1c(=O)n(COCC[Si](C)(C)C)c2cncnc21. The lowest BCUT2D eigenvalue weighted by Crippen LogP contribution is -2.25. The molecule has 0 aromatic carbocycles. The zero-order valence-electron chi connectivity index (χ0n) is 11.9. The van der Waals surface area contributed by atoms with Crippen molar-refractivity contribution in [1.29, 1.82) is 0 Å². The molecule has 2 aromatic rings. The first kappa shape index (κ1) is 13.9. The van der Waals surface area contributed by atoms with Crippen LogP contribution in [0.3, 0.4) is 0 Å². The second-order valence-electron chi connectivity index (χ2n) is 5.85. The fourth-order valence-electron chi connectivity index (χ4n) is 1.80. The molecule has 0 unspecified atom stereocenters. The van der Waals surface area contributed by atoms with Crippen molar-refractivity contribution in [3.63, 3.8) is 0 Å². The van der Waals surface area contributed by atoms with Crippen molar-refractivity contribution in [2.45, 2.75) is 32.4 Å². The Balaban J connectivity index is 2.13. The van der Waals surface area contributed by atoms with Gasteiger partial charge in [-0.2, -0.15) is 0 Å². The van der Waals surface area contributed by atoms with Gasteiger partial charge in [0.15, 0.2) is 5.65 Å². The molecule has 104 valence electrons. The number of aromatic nitrogens is 4. The van der Waals surface area contributed by atoms with Crippen LogP contribution in [0.15, 0.2) is 17.3 Å². The van der Waals surface area contributed by atoms with Gasteiger partial charge in [0, 0.05) is 21.7 Å². The Bertz CT molecular complexity index is 627. The minimum Gasteiger partial charge on any atom is -0.361 e. The highest BCUT2D eigenvalue weighted by Gasteiger charge is 2.14. The van der Waals surface area contributed by atoms with Crippen LogP contribution in [0, 0.1) is 0 Å². The van der Waals surface area contributed by atoms with Gasteiger partial charge in [-0.1, -0.05) is 19.6 Å². The van der Waals surface area contributed by atoms with Crippen LogP contribution >= 0.6 is 0 Å². The molecule has 0 atom stereocenters. The maximum Gasteiger partial charge on any atom is 0.332 e. The Morgan fingerprint density at radius 2 is 2.11 bits per heavy atom. The Kier molecular flexibility index (Phi) is 3.86. The monoisotopic (exact) mass is 280 g/mol. The normalized spacial score (nSPS) is 12.2. The molecule has 2 heterocycles. The summed E-state index contributed by atoms with van der Waals surface area (Å²) >= 11 is 0. The fraction of sp³-hybridized carbons (Fsp3) is 0.583. The molecule has 2 rings (SSSR count). The maximum atomic E-state index is 12.1. The summed E-state index contributed by atoms with van der Waals surface area (Å²) in [5.41, 5.74) is 1.22. The number of rotatable bonds is 5. The van der Waals surface area contributed by atoms with Crippen molar-refractivity contribution < 1.29 is 4.74 Å². The van der Waals surface area contributed by atoms with Gasteiger partial charge in [-0.05, 0) is 6.04 Å². The number of aryl methyl sites for hydroxylation is 1. The predicted octanol–water partition coefficient (Wildman–Crippen LogP) is 1.44. The Hall–Kier alpha value is -1.47. The molecule has 0 radical (unpaired) electrons. The zero-order chi connectivity index (χ0) is 14.0. The van der Waals surface area contributed by atoms with Crippen LogP contribution in [0.5, 0.6) is 0 Å². The number of ether oxygens (including phenoxy) is 1. The van der Waals surface area contributed by atoms with Crippen molar-refractivity contribution in [2.75, 3.05) is 6.61 Å². The molecule has 0 saturated heterocycles. The van der Waals surface area contributed by atoms with E-state index in [1.807, 2.05) is 0 Å². The number of nitrogens with zero attached hydrogens (tertiary/aromatic N) is 4. The van der Waals surface area contributed by atoms with Gasteiger partial charge in [-0.15, -0.1) is 0 Å². The molecule has 0 aliphatic heterocycles. The lowest BCUT2D eigenvalue weighted by molar-refractivity contribution is 0.0873. The first-order chi connectivity index (χ1) is 8.90. The molecule has 0 bridgehead atoms. The molecular formula is C12H20N4O2Si. The average Bonchev–Trinajstić information content (AvgIpc) is 2.58. The zero-order valence-corrected chi connectivity index (χ0v) is 12.9. The van der Waals surface area contributed by atoms with Crippen LogP contribution in [-0.4, -0.2) is 33.8 Å². The summed E-state index contributed by atoms with van der Waals surface area (Å²) in [6.45, 7) is 7.84. The fourth-order valence-corrected chi connectivity index (χ4v) is 2.56. The molecule has 6 nitrogen and oxygen atoms in total. The molecule has 0 saturated carbocycles. The molecule has 0 aliphatic rings. The van der Waals surface area contributed by atoms with Gasteiger partial charge in [-0.25, -0.2) is 14.8 Å². The topological polar surface area (TPSA) is 61.9 Å². The third-order valence-electron chi connectivity index (χ3n) is 3.02. The van der Waals surface area contributed by atoms with Crippen LogP contribution in [0.1, 0.15) is 0 Å². The highest BCUT2D eigenvalue weighted by Crippen LogP contribution is 2.09. The average molecular weight is 280 g/mol. The first-order valence-electron chi connectivity index (χ1n) is 6.33. The van der Waals surface area contributed by atoms with E-state index in [1.54, 1.807) is 17.8 Å². The molecule has 2 aromatic heterocycles. The van der Waals surface area contributed by atoms with Gasteiger partial charge >= 0.3 is 5.69 Å². The summed E-state index contributed by atoms with van der Waals surface area (Å²) in [5, 5.41) is 0. The Morgan fingerprint density at radius 3 is 2.79 bits per heavy atom. The summed E-state index contributed by atoms with van der Waals surface area (Å²) in [7, 11) is 0.605. The largest absolute Gasteiger partial charge is 0.361 e. The van der Waals surface area contributed by atoms with Crippen LogP contribution < -0.4 is 5.69 Å². The lowest BCUT2D eigenvalue weighted by atomic mass is 10.5. The molecule has 0 fully saturated rings. The number of hydrogen-bond donors (Lipinski definition) is 0. The maximum absolute atomic E-state index is 12.1. The lowest BCUT2D eigenvalue weighted by Gasteiger charge is -2.15. The summed E-state index contributed by atoms with van der Waals surface area (Å²) in [4.78, 5) is 20.1. The number of fused-ring (bicyclic) bond motifs is 1. The molecule has 0 spiro atoms. The van der Waals surface area contributed by atoms with E-state index in [-0.39, 0.29) is 12.4 Å². The minimum atomic E-state index is -1.10. The second kappa shape index (κ2) is 5.26. The van der Waals surface area contributed by atoms with Gasteiger partial charge in [-0.3, -0.25) is 9.13 Å². The Labute approximate surface area is 113 Å². The molecular weight excluding hydrogens is 260 g/mol. The van der Waals surface area contributed by atoms with E-state index in [0.717, 1.165) is 6.04 Å². The summed E-state index contributed by atoms with van der Waals surface area (Å²) in [6, 6.07) is 1.09. The van der Waals surface area contributed by atoms with Crippen LogP contribution in [-0.2, 0) is 18.5 Å². The van der Waals surface area contributed by atoms with Gasteiger partial charge in [0.2, 0.25) is 0 Å². The van der Waals surface area contributed by atoms with Crippen LogP contribution in [0.2, 0.25) is 25.7 Å². The van der Waals surface area contributed by atoms with Crippen LogP contribution in [0.4, 0.5) is 0 Å². The summed E-state index contributed by atoms with van der Waals surface area (Å²) in [6.07, 6.45) is 3.09. The molecule has 19 heavy (non-hydrogen) atoms. The van der Waals surface area contributed by atoms with Gasteiger partial charge in [0.05, 0.1) is 6.20 Å². The highest BCUT2D eigenvalue weighted by atomic mass is 28.3. The van der Waals surface area contributed by atoms with E-state index in [9.17, 15) is 4.79 Å². The summed E-state index contributed by atoms with van der Waals surface area (Å²) in [5.74, 6) is 0. The van der Waals surface area contributed by atoms with Crippen molar-refractivity contribution in [3.05, 3.63) is 23.0 Å². The van der Waals surface area contributed by atoms with Crippen molar-refractivity contribution in [3.8, 4) is 0 Å². The van der Waals surface area contributed by atoms with Gasteiger partial charge < -0.3 is 4.74 Å². The van der Waals surface area contributed by atoms with Crippen LogP contribution in [0.25, 0.3) is 11.2 Å². The predicted molar refractivity (Wildman–Crippen MR) is 76.9 cm³/mol. The highest BCUT2D eigenvalue weighted by molar-refractivity contribution is 6.76. The van der Waals surface area contributed by atoms with E-state index in [2.05, 4.69) is 29.6 Å². The molecule has 0 N–H and O–H groups in total. The second-order valence-corrected chi connectivity index (χ2v) is 11.5. The van der Waals surface area contributed by atoms with Gasteiger partial charge in [0.1, 0.15) is 18.6 Å². The smallest absolute Gasteiger partial charge is 0.332 e. The number of hydrogen-bond acceptors (Lipinski definition) is 4. The van der Waals surface area contributed by atoms with E-state index >= 15 is 0 Å². The van der Waals surface area contributed by atoms with E-state index in [0.29, 0.717) is 17.8 Å².